The van der Waals surface area contributed by atoms with Gasteiger partial charge in [-0.2, -0.15) is 0 Å². The van der Waals surface area contributed by atoms with Crippen molar-refractivity contribution in [3.05, 3.63) is 23.8 Å². The lowest BCUT2D eigenvalue weighted by Crippen LogP contribution is -2.10. The Bertz CT molecular complexity index is 523. The highest BCUT2D eigenvalue weighted by molar-refractivity contribution is 8.13. The first kappa shape index (κ1) is 16.2. The number of hydrogen-bond donors (Lipinski definition) is 0. The van der Waals surface area contributed by atoms with Crippen LogP contribution in [0.2, 0.25) is 0 Å². The Morgan fingerprint density at radius 2 is 1.84 bits per heavy atom. The highest BCUT2D eigenvalue weighted by atomic mass is 35.7. The van der Waals surface area contributed by atoms with Crippen LogP contribution >= 0.6 is 10.7 Å². The molecule has 7 heteroatoms. The van der Waals surface area contributed by atoms with Gasteiger partial charge in [0.25, 0.3) is 9.05 Å². The van der Waals surface area contributed by atoms with Crippen LogP contribution in [0.15, 0.2) is 17.0 Å². The predicted octanol–water partition coefficient (Wildman–Crippen LogP) is 3.71. The van der Waals surface area contributed by atoms with Crippen LogP contribution in [0.25, 0.3) is 0 Å². The number of halogens is 3. The number of benzene rings is 1. The molecule has 0 amide bonds. The van der Waals surface area contributed by atoms with Crippen LogP contribution in [0.3, 0.4) is 0 Å². The summed E-state index contributed by atoms with van der Waals surface area (Å²) in [5.74, 6) is -2.59. The fourth-order valence-corrected chi connectivity index (χ4v) is 2.37. The van der Waals surface area contributed by atoms with E-state index in [2.05, 4.69) is 0 Å². The molecule has 3 nitrogen and oxygen atoms in total. The van der Waals surface area contributed by atoms with Crippen molar-refractivity contribution >= 4 is 19.7 Å². The molecule has 1 aromatic carbocycles. The Morgan fingerprint density at radius 1 is 1.32 bits per heavy atom. The van der Waals surface area contributed by atoms with Gasteiger partial charge < -0.3 is 4.74 Å². The van der Waals surface area contributed by atoms with E-state index in [1.807, 2.05) is 13.8 Å². The normalized spacial score (nSPS) is 13.3. The van der Waals surface area contributed by atoms with Gasteiger partial charge in [-0.15, -0.1) is 0 Å². The van der Waals surface area contributed by atoms with E-state index in [4.69, 9.17) is 15.4 Å². The summed E-state index contributed by atoms with van der Waals surface area (Å²) in [4.78, 5) is -0.627. The molecule has 1 aromatic rings. The SMILES string of the molecule is CCCC(C)COc1c(F)cc(S(=O)(=O)Cl)cc1F. The molecule has 0 heterocycles. The third-order valence-corrected chi connectivity index (χ3v) is 3.88. The van der Waals surface area contributed by atoms with Crippen molar-refractivity contribution in [3.63, 3.8) is 0 Å². The van der Waals surface area contributed by atoms with Gasteiger partial charge in [0.1, 0.15) is 0 Å². The molecular weight excluding hydrogens is 298 g/mol. The second-order valence-electron chi connectivity index (χ2n) is 4.36. The maximum absolute atomic E-state index is 13.6. The molecule has 1 unspecified atom stereocenters. The van der Waals surface area contributed by atoms with Crippen LogP contribution in [-0.2, 0) is 9.05 Å². The molecule has 0 radical (unpaired) electrons. The third-order valence-electron chi connectivity index (χ3n) is 2.55. The molecule has 19 heavy (non-hydrogen) atoms. The predicted molar refractivity (Wildman–Crippen MR) is 69.0 cm³/mol. The molecule has 0 fully saturated rings. The van der Waals surface area contributed by atoms with Crippen molar-refractivity contribution in [2.24, 2.45) is 5.92 Å². The Kier molecular flexibility index (Phi) is 5.55. The van der Waals surface area contributed by atoms with Crippen LogP contribution in [0.5, 0.6) is 5.75 Å². The molecule has 0 aliphatic rings. The summed E-state index contributed by atoms with van der Waals surface area (Å²) in [6, 6.07) is 1.29. The molecule has 1 atom stereocenters. The molecule has 0 aromatic heterocycles. The first-order chi connectivity index (χ1) is 8.75. The van der Waals surface area contributed by atoms with Gasteiger partial charge in [0.15, 0.2) is 17.4 Å². The van der Waals surface area contributed by atoms with Crippen molar-refractivity contribution in [1.29, 1.82) is 0 Å². The fourth-order valence-electron chi connectivity index (χ4n) is 1.62. The molecule has 108 valence electrons. The molecule has 0 saturated heterocycles. The van der Waals surface area contributed by atoms with Crippen molar-refractivity contribution < 1.29 is 21.9 Å². The highest BCUT2D eigenvalue weighted by Gasteiger charge is 2.19. The molecular formula is C12H15ClF2O3S. The summed E-state index contributed by atoms with van der Waals surface area (Å²) in [6.45, 7) is 4.06. The second kappa shape index (κ2) is 6.52. The molecule has 0 bridgehead atoms. The number of rotatable bonds is 6. The minimum atomic E-state index is -4.17. The van der Waals surface area contributed by atoms with Gasteiger partial charge in [-0.3, -0.25) is 0 Å². The molecule has 0 aliphatic heterocycles. The van der Waals surface area contributed by atoms with E-state index in [9.17, 15) is 17.2 Å². The van der Waals surface area contributed by atoms with Gasteiger partial charge in [0.2, 0.25) is 0 Å². The van der Waals surface area contributed by atoms with Gasteiger partial charge in [0.05, 0.1) is 11.5 Å². The van der Waals surface area contributed by atoms with E-state index < -0.39 is 31.3 Å². The standard InChI is InChI=1S/C12H15ClF2O3S/c1-3-4-8(2)7-18-12-10(14)5-9(6-11(12)15)19(13,16)17/h5-6,8H,3-4,7H2,1-2H3. The summed E-state index contributed by atoms with van der Waals surface area (Å²) >= 11 is 0. The lowest BCUT2D eigenvalue weighted by Gasteiger charge is -2.13. The zero-order valence-electron chi connectivity index (χ0n) is 10.6. The molecule has 0 N–H and O–H groups in total. The van der Waals surface area contributed by atoms with E-state index in [-0.39, 0.29) is 12.5 Å². The summed E-state index contributed by atoms with van der Waals surface area (Å²) in [5, 5.41) is 0. The van der Waals surface area contributed by atoms with Crippen LogP contribution < -0.4 is 4.74 Å². The summed E-state index contributed by atoms with van der Waals surface area (Å²) in [5.41, 5.74) is 0. The minimum Gasteiger partial charge on any atom is -0.487 e. The Labute approximate surface area is 115 Å². The van der Waals surface area contributed by atoms with Gasteiger partial charge in [0, 0.05) is 10.7 Å². The summed E-state index contributed by atoms with van der Waals surface area (Å²) in [7, 11) is 0.854. The third kappa shape index (κ3) is 4.62. The van der Waals surface area contributed by atoms with E-state index in [0.717, 1.165) is 12.8 Å². The second-order valence-corrected chi connectivity index (χ2v) is 6.92. The topological polar surface area (TPSA) is 43.4 Å². The fraction of sp³-hybridized carbons (Fsp3) is 0.500. The van der Waals surface area contributed by atoms with Crippen LogP contribution in [0.1, 0.15) is 26.7 Å². The first-order valence-corrected chi connectivity index (χ1v) is 8.13. The molecule has 1 rings (SSSR count). The van der Waals surface area contributed by atoms with Crippen molar-refractivity contribution in [1.82, 2.24) is 0 Å². The van der Waals surface area contributed by atoms with Crippen LogP contribution in [-0.4, -0.2) is 15.0 Å². The van der Waals surface area contributed by atoms with Crippen LogP contribution in [0.4, 0.5) is 8.78 Å². The smallest absolute Gasteiger partial charge is 0.261 e. The van der Waals surface area contributed by atoms with Crippen molar-refractivity contribution in [3.8, 4) is 5.75 Å². The lowest BCUT2D eigenvalue weighted by molar-refractivity contribution is 0.230. The van der Waals surface area contributed by atoms with Gasteiger partial charge in [-0.05, 0) is 24.5 Å². The number of hydrogen-bond acceptors (Lipinski definition) is 3. The molecule has 0 spiro atoms. The summed E-state index contributed by atoms with van der Waals surface area (Å²) < 4.78 is 54.2. The summed E-state index contributed by atoms with van der Waals surface area (Å²) in [6.07, 6.45) is 1.82. The highest BCUT2D eigenvalue weighted by Crippen LogP contribution is 2.27. The van der Waals surface area contributed by atoms with Crippen molar-refractivity contribution in [2.75, 3.05) is 6.61 Å². The zero-order valence-corrected chi connectivity index (χ0v) is 12.2. The quantitative estimate of drug-likeness (QED) is 0.752. The van der Waals surface area contributed by atoms with Gasteiger partial charge in [-0.25, -0.2) is 17.2 Å². The zero-order chi connectivity index (χ0) is 14.6. The largest absolute Gasteiger partial charge is 0.487 e. The minimum absolute atomic E-state index is 0.153. The van der Waals surface area contributed by atoms with E-state index in [1.54, 1.807) is 0 Å². The first-order valence-electron chi connectivity index (χ1n) is 5.82. The lowest BCUT2D eigenvalue weighted by atomic mass is 10.1. The maximum atomic E-state index is 13.6. The van der Waals surface area contributed by atoms with E-state index in [0.29, 0.717) is 12.1 Å². The Hall–Kier alpha value is -0.880. The van der Waals surface area contributed by atoms with Crippen LogP contribution in [0, 0.1) is 17.6 Å². The average molecular weight is 313 g/mol. The van der Waals surface area contributed by atoms with Gasteiger partial charge >= 0.3 is 0 Å². The molecule has 0 aliphatic carbocycles. The Morgan fingerprint density at radius 3 is 2.26 bits per heavy atom. The van der Waals surface area contributed by atoms with Gasteiger partial charge in [-0.1, -0.05) is 20.3 Å². The average Bonchev–Trinajstić information content (AvgIpc) is 2.26. The monoisotopic (exact) mass is 312 g/mol. The number of ether oxygens (including phenoxy) is 1. The van der Waals surface area contributed by atoms with E-state index in [1.165, 1.54) is 0 Å². The van der Waals surface area contributed by atoms with E-state index >= 15 is 0 Å². The maximum Gasteiger partial charge on any atom is 0.261 e. The Balaban J connectivity index is 2.92. The van der Waals surface area contributed by atoms with Crippen molar-refractivity contribution in [2.45, 2.75) is 31.6 Å². The molecule has 0 saturated carbocycles.